The first-order valence-electron chi connectivity index (χ1n) is 18.2. The molecule has 4 nitrogen and oxygen atoms in total. The fourth-order valence-electron chi connectivity index (χ4n) is 8.62. The van der Waals surface area contributed by atoms with Crippen molar-refractivity contribution in [3.05, 3.63) is 188 Å². The number of aromatic nitrogens is 3. The number of para-hydroxylation sites is 3. The zero-order valence-electron chi connectivity index (χ0n) is 29.1. The van der Waals surface area contributed by atoms with E-state index in [1.54, 1.807) is 0 Å². The number of benzene rings is 9. The highest BCUT2D eigenvalue weighted by Crippen LogP contribution is 2.46. The maximum atomic E-state index is 10.00. The Morgan fingerprint density at radius 3 is 1.76 bits per heavy atom. The van der Waals surface area contributed by atoms with Crippen LogP contribution in [0.3, 0.4) is 0 Å². The minimum absolute atomic E-state index is 0.645. The molecular formula is C50H30N4. The Bertz CT molecular complexity index is 3280. The number of nitriles is 1. The van der Waals surface area contributed by atoms with Crippen molar-refractivity contribution in [1.29, 1.82) is 5.26 Å². The van der Waals surface area contributed by atoms with Gasteiger partial charge in [-0.15, -0.1) is 0 Å². The van der Waals surface area contributed by atoms with Crippen molar-refractivity contribution in [2.45, 2.75) is 0 Å². The second kappa shape index (κ2) is 11.8. The van der Waals surface area contributed by atoms with Gasteiger partial charge in [-0.05, 0) is 98.7 Å². The van der Waals surface area contributed by atoms with E-state index in [0.29, 0.717) is 5.56 Å². The number of fused-ring (bicyclic) bond motifs is 7. The predicted molar refractivity (Wildman–Crippen MR) is 224 cm³/mol. The molecule has 0 saturated heterocycles. The summed E-state index contributed by atoms with van der Waals surface area (Å²) in [5.41, 5.74) is 10.4. The van der Waals surface area contributed by atoms with Crippen LogP contribution in [0.5, 0.6) is 0 Å². The predicted octanol–water partition coefficient (Wildman–Crippen LogP) is 12.8. The first-order chi connectivity index (χ1) is 26.8. The Labute approximate surface area is 311 Å². The lowest BCUT2D eigenvalue weighted by atomic mass is 9.87. The Morgan fingerprint density at radius 1 is 0.426 bits per heavy atom. The second-order valence-corrected chi connectivity index (χ2v) is 13.8. The van der Waals surface area contributed by atoms with E-state index < -0.39 is 0 Å². The van der Waals surface area contributed by atoms with Gasteiger partial charge in [0.2, 0.25) is 0 Å². The standard InChI is InChI=1S/C50H30N4/c51-31-32-25-27-45-41(29-32)42-30-34(26-28-46(42)54(45)44-24-12-14-33-13-4-5-17-36(33)44)48-37-18-6-8-20-39(37)49(40-21-9-7-19-38(40)48)50-52-43-22-10-11-23-47(43)53(50)35-15-2-1-3-16-35/h1-30H. The van der Waals surface area contributed by atoms with Gasteiger partial charge in [-0.3, -0.25) is 4.57 Å². The normalized spacial score (nSPS) is 11.7. The van der Waals surface area contributed by atoms with Crippen LogP contribution in [0.2, 0.25) is 0 Å². The molecule has 4 heteroatoms. The van der Waals surface area contributed by atoms with Crippen LogP contribution in [0, 0.1) is 11.3 Å². The van der Waals surface area contributed by atoms with Crippen molar-refractivity contribution in [3.63, 3.8) is 0 Å². The second-order valence-electron chi connectivity index (χ2n) is 13.8. The first-order valence-corrected chi connectivity index (χ1v) is 18.2. The molecule has 0 bridgehead atoms. The molecule has 2 heterocycles. The van der Waals surface area contributed by atoms with Gasteiger partial charge < -0.3 is 4.57 Å². The largest absolute Gasteiger partial charge is 0.309 e. The summed E-state index contributed by atoms with van der Waals surface area (Å²) in [5, 5.41) is 19.1. The van der Waals surface area contributed by atoms with Gasteiger partial charge in [-0.1, -0.05) is 121 Å². The lowest BCUT2D eigenvalue weighted by molar-refractivity contribution is 1.11. The van der Waals surface area contributed by atoms with Crippen molar-refractivity contribution in [3.8, 4) is 40.0 Å². The maximum absolute atomic E-state index is 10.00. The van der Waals surface area contributed by atoms with Crippen LogP contribution in [0.1, 0.15) is 5.56 Å². The van der Waals surface area contributed by atoms with Crippen LogP contribution in [-0.4, -0.2) is 14.1 Å². The number of hydrogen-bond acceptors (Lipinski definition) is 2. The third-order valence-electron chi connectivity index (χ3n) is 10.9. The molecule has 0 fully saturated rings. The van der Waals surface area contributed by atoms with E-state index in [2.05, 4.69) is 185 Å². The topological polar surface area (TPSA) is 46.5 Å². The van der Waals surface area contributed by atoms with Crippen molar-refractivity contribution in [2.24, 2.45) is 0 Å². The summed E-state index contributed by atoms with van der Waals surface area (Å²) in [6.07, 6.45) is 0. The van der Waals surface area contributed by atoms with Gasteiger partial charge in [0.25, 0.3) is 0 Å². The summed E-state index contributed by atoms with van der Waals surface area (Å²) in [7, 11) is 0. The van der Waals surface area contributed by atoms with Crippen LogP contribution in [0.25, 0.3) is 99.0 Å². The lowest BCUT2D eigenvalue weighted by Crippen LogP contribution is -1.99. The molecule has 0 spiro atoms. The Hall–Kier alpha value is -7.48. The summed E-state index contributed by atoms with van der Waals surface area (Å²) in [4.78, 5) is 5.34. The molecule has 2 aromatic heterocycles. The molecule has 54 heavy (non-hydrogen) atoms. The fraction of sp³-hybridized carbons (Fsp3) is 0. The molecule has 0 radical (unpaired) electrons. The van der Waals surface area contributed by atoms with Gasteiger partial charge in [0.1, 0.15) is 5.82 Å². The van der Waals surface area contributed by atoms with Crippen LogP contribution < -0.4 is 0 Å². The van der Waals surface area contributed by atoms with E-state index >= 15 is 0 Å². The third-order valence-corrected chi connectivity index (χ3v) is 10.9. The van der Waals surface area contributed by atoms with Gasteiger partial charge in [-0.2, -0.15) is 5.26 Å². The van der Waals surface area contributed by atoms with Crippen molar-refractivity contribution in [2.75, 3.05) is 0 Å². The average Bonchev–Trinajstić information content (AvgIpc) is 3.78. The Balaban J connectivity index is 1.23. The molecule has 0 saturated carbocycles. The van der Waals surface area contributed by atoms with Gasteiger partial charge in [0, 0.05) is 27.4 Å². The van der Waals surface area contributed by atoms with E-state index in [9.17, 15) is 5.26 Å². The van der Waals surface area contributed by atoms with E-state index in [1.165, 1.54) is 16.3 Å². The van der Waals surface area contributed by atoms with E-state index in [1.807, 2.05) is 12.1 Å². The highest BCUT2D eigenvalue weighted by atomic mass is 15.1. The van der Waals surface area contributed by atoms with Gasteiger partial charge in [0.05, 0.1) is 39.4 Å². The highest BCUT2D eigenvalue weighted by molar-refractivity contribution is 6.22. The number of nitrogens with zero attached hydrogens (tertiary/aromatic N) is 4. The number of hydrogen-bond donors (Lipinski definition) is 0. The van der Waals surface area contributed by atoms with Crippen molar-refractivity contribution >= 4 is 65.2 Å². The zero-order valence-corrected chi connectivity index (χ0v) is 29.1. The van der Waals surface area contributed by atoms with E-state index in [-0.39, 0.29) is 0 Å². The molecule has 0 aliphatic rings. The number of imidazole rings is 1. The molecule has 250 valence electrons. The summed E-state index contributed by atoms with van der Waals surface area (Å²) in [6.45, 7) is 0. The molecule has 0 atom stereocenters. The molecule has 11 rings (SSSR count). The Kier molecular flexibility index (Phi) is 6.58. The monoisotopic (exact) mass is 686 g/mol. The SMILES string of the molecule is N#Cc1ccc2c(c1)c1cc(-c3c4ccccc4c(-c4nc5ccccc5n4-c4ccccc4)c4ccccc34)ccc1n2-c1cccc2ccccc12. The Morgan fingerprint density at radius 2 is 1.02 bits per heavy atom. The molecule has 0 N–H and O–H groups in total. The maximum Gasteiger partial charge on any atom is 0.146 e. The molecule has 0 aliphatic carbocycles. The van der Waals surface area contributed by atoms with E-state index in [0.717, 1.165) is 82.7 Å². The molecule has 9 aromatic carbocycles. The van der Waals surface area contributed by atoms with Crippen molar-refractivity contribution in [1.82, 2.24) is 14.1 Å². The van der Waals surface area contributed by atoms with Gasteiger partial charge in [0.15, 0.2) is 0 Å². The third kappa shape index (κ3) is 4.39. The molecule has 0 aliphatic heterocycles. The van der Waals surface area contributed by atoms with Crippen LogP contribution in [0.4, 0.5) is 0 Å². The molecule has 0 amide bonds. The summed E-state index contributed by atoms with van der Waals surface area (Å²) >= 11 is 0. The quantitative estimate of drug-likeness (QED) is 0.173. The molecule has 11 aromatic rings. The lowest BCUT2D eigenvalue weighted by Gasteiger charge is -2.18. The van der Waals surface area contributed by atoms with Crippen molar-refractivity contribution < 1.29 is 0 Å². The molecular weight excluding hydrogens is 657 g/mol. The van der Waals surface area contributed by atoms with Crippen LogP contribution in [0.15, 0.2) is 182 Å². The minimum Gasteiger partial charge on any atom is -0.309 e. The summed E-state index contributed by atoms with van der Waals surface area (Å²) in [5.74, 6) is 0.916. The molecule has 0 unspecified atom stereocenters. The van der Waals surface area contributed by atoms with Crippen LogP contribution >= 0.6 is 0 Å². The van der Waals surface area contributed by atoms with E-state index in [4.69, 9.17) is 4.98 Å². The first kappa shape index (κ1) is 30.2. The van der Waals surface area contributed by atoms with Crippen LogP contribution in [-0.2, 0) is 0 Å². The van der Waals surface area contributed by atoms with Gasteiger partial charge >= 0.3 is 0 Å². The number of rotatable bonds is 4. The fourth-order valence-corrected chi connectivity index (χ4v) is 8.62. The highest BCUT2D eigenvalue weighted by Gasteiger charge is 2.23. The van der Waals surface area contributed by atoms with Gasteiger partial charge in [-0.25, -0.2) is 4.98 Å². The smallest absolute Gasteiger partial charge is 0.146 e. The summed E-state index contributed by atoms with van der Waals surface area (Å²) < 4.78 is 4.65. The summed E-state index contributed by atoms with van der Waals surface area (Å²) in [6, 6.07) is 66.7. The average molecular weight is 687 g/mol. The minimum atomic E-state index is 0.645. The zero-order chi connectivity index (χ0) is 35.8.